The molecule has 0 saturated heterocycles. The summed E-state index contributed by atoms with van der Waals surface area (Å²) in [5.74, 6) is -2.84. The van der Waals surface area contributed by atoms with E-state index in [1.807, 2.05) is 6.92 Å². The molecule has 3 aromatic rings. The smallest absolute Gasteiger partial charge is 0.360 e. The molecular formula is C19H17F2N3O5. The van der Waals surface area contributed by atoms with Crippen molar-refractivity contribution in [2.75, 3.05) is 12.4 Å². The molecule has 152 valence electrons. The average molecular weight is 405 g/mol. The lowest BCUT2D eigenvalue weighted by Gasteiger charge is -2.05. The Kier molecular flexibility index (Phi) is 5.91. The van der Waals surface area contributed by atoms with E-state index in [1.54, 1.807) is 0 Å². The summed E-state index contributed by atoms with van der Waals surface area (Å²) in [5, 5.41) is 6.58. The van der Waals surface area contributed by atoms with Crippen LogP contribution >= 0.6 is 0 Å². The van der Waals surface area contributed by atoms with E-state index in [9.17, 15) is 18.4 Å². The minimum atomic E-state index is -0.849. The largest absolute Gasteiger partial charge is 0.483 e. The Hall–Kier alpha value is -3.69. The fraction of sp³-hybridized carbons (Fsp3) is 0.211. The summed E-state index contributed by atoms with van der Waals surface area (Å²) in [6, 6.07) is 5.80. The molecule has 0 spiro atoms. The molecule has 10 heteroatoms. The Morgan fingerprint density at radius 2 is 2.03 bits per heavy atom. The number of hydrogen-bond donors (Lipinski definition) is 1. The lowest BCUT2D eigenvalue weighted by Crippen LogP contribution is -2.14. The number of hydrogen-bond acceptors (Lipinski definition) is 6. The number of halogens is 2. The minimum absolute atomic E-state index is 0.0374. The number of nitrogens with zero attached hydrogens (tertiary/aromatic N) is 2. The lowest BCUT2D eigenvalue weighted by molar-refractivity contribution is 0.0594. The molecule has 0 aliphatic rings. The van der Waals surface area contributed by atoms with Crippen LogP contribution in [0.15, 0.2) is 40.9 Å². The number of methoxy groups -OCH3 is 1. The van der Waals surface area contributed by atoms with Crippen LogP contribution in [0.4, 0.5) is 14.5 Å². The Morgan fingerprint density at radius 3 is 2.72 bits per heavy atom. The second-order valence-corrected chi connectivity index (χ2v) is 5.82. The highest BCUT2D eigenvalue weighted by Gasteiger charge is 2.21. The molecule has 2 heterocycles. The zero-order valence-corrected chi connectivity index (χ0v) is 15.6. The number of rotatable bonds is 7. The van der Waals surface area contributed by atoms with Gasteiger partial charge >= 0.3 is 5.97 Å². The van der Waals surface area contributed by atoms with Crippen LogP contribution < -0.4 is 10.1 Å². The zero-order chi connectivity index (χ0) is 21.0. The van der Waals surface area contributed by atoms with E-state index in [4.69, 9.17) is 9.15 Å². The Morgan fingerprint density at radius 1 is 1.24 bits per heavy atom. The zero-order valence-electron chi connectivity index (χ0n) is 15.6. The van der Waals surface area contributed by atoms with Gasteiger partial charge in [0.15, 0.2) is 23.0 Å². The van der Waals surface area contributed by atoms with Crippen LogP contribution in [0.5, 0.6) is 5.75 Å². The van der Waals surface area contributed by atoms with Gasteiger partial charge in [0.25, 0.3) is 5.91 Å². The van der Waals surface area contributed by atoms with Crippen LogP contribution in [0, 0.1) is 11.6 Å². The molecule has 0 bridgehead atoms. The van der Waals surface area contributed by atoms with Crippen molar-refractivity contribution < 1.29 is 32.3 Å². The van der Waals surface area contributed by atoms with Crippen molar-refractivity contribution in [1.82, 2.24) is 9.78 Å². The fourth-order valence-corrected chi connectivity index (χ4v) is 2.42. The number of nitrogens with one attached hydrogen (secondary N) is 1. The Balaban J connectivity index is 1.68. The van der Waals surface area contributed by atoms with Crippen molar-refractivity contribution in [1.29, 1.82) is 0 Å². The predicted molar refractivity (Wildman–Crippen MR) is 96.6 cm³/mol. The number of aryl methyl sites for hydroxylation is 1. The SMILES string of the molecule is CCn1cc(NC(=O)c2ccc(COc3ccc(F)cc3F)o2)c(C(=O)OC)n1. The summed E-state index contributed by atoms with van der Waals surface area (Å²) in [5.41, 5.74) is 0.135. The molecule has 0 radical (unpaired) electrons. The van der Waals surface area contributed by atoms with Crippen LogP contribution in [0.2, 0.25) is 0 Å². The summed E-state index contributed by atoms with van der Waals surface area (Å²) in [6.45, 7) is 2.14. The molecule has 0 fully saturated rings. The molecule has 2 aromatic heterocycles. The van der Waals surface area contributed by atoms with E-state index < -0.39 is 23.5 Å². The first-order valence-corrected chi connectivity index (χ1v) is 8.55. The first kappa shape index (κ1) is 20.1. The summed E-state index contributed by atoms with van der Waals surface area (Å²) >= 11 is 0. The molecule has 0 aliphatic carbocycles. The molecule has 1 aromatic carbocycles. The second kappa shape index (κ2) is 8.55. The van der Waals surface area contributed by atoms with Gasteiger partial charge in [0.2, 0.25) is 0 Å². The van der Waals surface area contributed by atoms with Gasteiger partial charge < -0.3 is 19.2 Å². The van der Waals surface area contributed by atoms with Gasteiger partial charge in [-0.05, 0) is 31.2 Å². The normalized spacial score (nSPS) is 10.6. The van der Waals surface area contributed by atoms with Crippen LogP contribution in [-0.4, -0.2) is 28.8 Å². The third-order valence-electron chi connectivity index (χ3n) is 3.86. The maximum absolute atomic E-state index is 13.6. The van der Waals surface area contributed by atoms with Gasteiger partial charge in [0.1, 0.15) is 18.2 Å². The number of amides is 1. The average Bonchev–Trinajstić information content (AvgIpc) is 3.33. The van der Waals surface area contributed by atoms with E-state index in [2.05, 4.69) is 15.2 Å². The van der Waals surface area contributed by atoms with Gasteiger partial charge in [-0.15, -0.1) is 0 Å². The first-order chi connectivity index (χ1) is 13.9. The third-order valence-corrected chi connectivity index (χ3v) is 3.86. The van der Waals surface area contributed by atoms with Crippen LogP contribution in [0.25, 0.3) is 0 Å². The molecule has 29 heavy (non-hydrogen) atoms. The highest BCUT2D eigenvalue weighted by Crippen LogP contribution is 2.21. The monoisotopic (exact) mass is 405 g/mol. The van der Waals surface area contributed by atoms with E-state index in [-0.39, 0.29) is 35.3 Å². The number of esters is 1. The summed E-state index contributed by atoms with van der Waals surface area (Å²) in [7, 11) is 1.21. The molecular weight excluding hydrogens is 388 g/mol. The number of benzene rings is 1. The van der Waals surface area contributed by atoms with Gasteiger partial charge in [-0.25, -0.2) is 13.6 Å². The van der Waals surface area contributed by atoms with Gasteiger partial charge in [-0.1, -0.05) is 0 Å². The van der Waals surface area contributed by atoms with Gasteiger partial charge in [-0.3, -0.25) is 9.48 Å². The Bertz CT molecular complexity index is 1040. The fourth-order valence-electron chi connectivity index (χ4n) is 2.42. The number of carbonyl (C=O) groups excluding carboxylic acids is 2. The van der Waals surface area contributed by atoms with E-state index >= 15 is 0 Å². The van der Waals surface area contributed by atoms with Crippen molar-refractivity contribution in [3.8, 4) is 5.75 Å². The van der Waals surface area contributed by atoms with Crippen molar-refractivity contribution in [3.05, 3.63) is 65.4 Å². The highest BCUT2D eigenvalue weighted by molar-refractivity contribution is 6.05. The maximum atomic E-state index is 13.6. The number of furan rings is 1. The molecule has 8 nitrogen and oxygen atoms in total. The molecule has 0 saturated carbocycles. The van der Waals surface area contributed by atoms with E-state index in [1.165, 1.54) is 30.1 Å². The number of carbonyl (C=O) groups is 2. The molecule has 1 amide bonds. The van der Waals surface area contributed by atoms with Gasteiger partial charge in [0, 0.05) is 18.8 Å². The lowest BCUT2D eigenvalue weighted by atomic mass is 10.3. The molecule has 1 N–H and O–H groups in total. The topological polar surface area (TPSA) is 95.6 Å². The van der Waals surface area contributed by atoms with Crippen LogP contribution in [0.3, 0.4) is 0 Å². The van der Waals surface area contributed by atoms with Crippen LogP contribution in [-0.2, 0) is 17.9 Å². The number of anilines is 1. The van der Waals surface area contributed by atoms with Crippen molar-refractivity contribution in [3.63, 3.8) is 0 Å². The third kappa shape index (κ3) is 4.60. The molecule has 0 aliphatic heterocycles. The van der Waals surface area contributed by atoms with E-state index in [0.717, 1.165) is 12.1 Å². The number of ether oxygens (including phenoxy) is 2. The van der Waals surface area contributed by atoms with Crippen molar-refractivity contribution in [2.24, 2.45) is 0 Å². The second-order valence-electron chi connectivity index (χ2n) is 5.82. The quantitative estimate of drug-likeness (QED) is 0.606. The van der Waals surface area contributed by atoms with E-state index in [0.29, 0.717) is 12.6 Å². The minimum Gasteiger partial charge on any atom is -0.483 e. The summed E-state index contributed by atoms with van der Waals surface area (Å²) in [4.78, 5) is 24.2. The predicted octanol–water partition coefficient (Wildman–Crippen LogP) is 3.39. The van der Waals surface area contributed by atoms with Gasteiger partial charge in [0.05, 0.1) is 12.8 Å². The molecule has 0 atom stereocenters. The van der Waals surface area contributed by atoms with Gasteiger partial charge in [-0.2, -0.15) is 5.10 Å². The van der Waals surface area contributed by atoms with Crippen molar-refractivity contribution in [2.45, 2.75) is 20.1 Å². The summed E-state index contributed by atoms with van der Waals surface area (Å²) < 4.78 is 43.2. The Labute approximate surface area is 164 Å². The van der Waals surface area contributed by atoms with Crippen molar-refractivity contribution >= 4 is 17.6 Å². The standard InChI is InChI=1S/C19H17F2N3O5/c1-3-24-9-14(17(23-24)19(26)27-2)22-18(25)16-7-5-12(29-16)10-28-15-6-4-11(20)8-13(15)21/h4-9H,3,10H2,1-2H3,(H,22,25). The summed E-state index contributed by atoms with van der Waals surface area (Å²) in [6.07, 6.45) is 1.49. The highest BCUT2D eigenvalue weighted by atomic mass is 19.1. The molecule has 0 unspecified atom stereocenters. The number of aromatic nitrogens is 2. The maximum Gasteiger partial charge on any atom is 0.360 e. The van der Waals surface area contributed by atoms with Crippen LogP contribution in [0.1, 0.15) is 33.7 Å². The first-order valence-electron chi connectivity index (χ1n) is 8.55. The molecule has 3 rings (SSSR count).